The number of thiophene rings is 1. The Bertz CT molecular complexity index is 9380. The first-order valence-electron chi connectivity index (χ1n) is 48.6. The molecule has 6 nitrogen and oxygen atoms in total. The number of para-hydroxylation sites is 3. The van der Waals surface area contributed by atoms with E-state index >= 15 is 0 Å². The molecule has 0 unspecified atom stereocenters. The van der Waals surface area contributed by atoms with Gasteiger partial charge in [-0.15, -0.1) is 11.3 Å². The molecule has 29 rings (SSSR count). The zero-order valence-corrected chi connectivity index (χ0v) is 78.7. The summed E-state index contributed by atoms with van der Waals surface area (Å²) in [5, 5.41) is 24.2. The number of nitrogens with zero attached hydrogens (tertiary/aromatic N) is 3. The second-order valence-electron chi connectivity index (χ2n) is 37.7. The van der Waals surface area contributed by atoms with Crippen molar-refractivity contribution in [2.24, 2.45) is 0 Å². The second-order valence-corrected chi connectivity index (χ2v) is 38.7. The van der Waals surface area contributed by atoms with Crippen molar-refractivity contribution in [1.82, 2.24) is 0 Å². The Morgan fingerprint density at radius 2 is 0.514 bits per heavy atom. The quantitative estimate of drug-likeness (QED) is 0.107. The summed E-state index contributed by atoms with van der Waals surface area (Å²) in [6.45, 7) is 4.72. The smallest absolute Gasteiger partial charge is 0.136 e. The molecule has 7 heteroatoms. The molecule has 0 spiro atoms. The molecule has 0 saturated carbocycles. The van der Waals surface area contributed by atoms with Gasteiger partial charge in [0.1, 0.15) is 33.5 Å². The Morgan fingerprint density at radius 3 is 1.06 bits per heavy atom. The number of hydrogen-bond acceptors (Lipinski definition) is 7. The van der Waals surface area contributed by atoms with E-state index in [2.05, 4.69) is 508 Å². The molecule has 0 saturated heterocycles. The molecule has 0 fully saturated rings. The first kappa shape index (κ1) is 83.2. The Balaban J connectivity index is 0.000000106. The average molecular weight is 1830 g/mol. The van der Waals surface area contributed by atoms with Gasteiger partial charge in [0.05, 0.1) is 0 Å². The topological polar surface area (TPSA) is 49.1 Å². The summed E-state index contributed by atoms with van der Waals surface area (Å²) in [4.78, 5) is 7.14. The number of hydrogen-bond donors (Lipinski definition) is 0. The first-order valence-corrected chi connectivity index (χ1v) is 49.4. The van der Waals surface area contributed by atoms with Crippen LogP contribution < -0.4 is 14.7 Å². The van der Waals surface area contributed by atoms with Gasteiger partial charge in [-0.1, -0.05) is 360 Å². The van der Waals surface area contributed by atoms with Gasteiger partial charge in [-0.3, -0.25) is 0 Å². The summed E-state index contributed by atoms with van der Waals surface area (Å²) >= 11 is 1.85. The molecule has 142 heavy (non-hydrogen) atoms. The predicted molar refractivity (Wildman–Crippen MR) is 602 cm³/mol. The van der Waals surface area contributed by atoms with E-state index in [1.165, 1.54) is 157 Å². The maximum atomic E-state index is 6.34. The van der Waals surface area contributed by atoms with Gasteiger partial charge < -0.3 is 28.0 Å². The molecule has 1 aliphatic carbocycles. The minimum Gasteiger partial charge on any atom is -0.456 e. The van der Waals surface area contributed by atoms with Crippen LogP contribution in [0.15, 0.2) is 517 Å². The van der Waals surface area contributed by atoms with Crippen LogP contribution in [0, 0.1) is 0 Å². The number of rotatable bonds is 13. The normalized spacial score (nSPS) is 12.2. The van der Waals surface area contributed by atoms with E-state index in [1.54, 1.807) is 0 Å². The summed E-state index contributed by atoms with van der Waals surface area (Å²) in [6, 6.07) is 181. The average Bonchev–Trinajstić information content (AvgIpc) is 1.47. The summed E-state index contributed by atoms with van der Waals surface area (Å²) in [5.74, 6) is 0. The third kappa shape index (κ3) is 14.4. The standard InChI is InChI=1S/C47H35N.C44H27NO2.C44H27NOS/c1-47(2)43-16-10-9-15-42(43)46-44(47)30-23-36-17-18-37-31-40(28-29-41(37)45(36)46)48(38-24-19-34(20-25-38)32-11-5-3-6-12-32)39-26-21-35(22-27-39)33-13-7-4-8-14-33;1-2-9-28(10-3-1)31-11-8-12-32(25-31)45(34-22-24-41-38(27-34)35-13-4-6-15-39(35)46-41)33-21-19-29-17-18-30-20-23-42-44(43(30)37(29)26-33)36-14-5-7-16-40(36)47-42;1-2-9-28(10-3-1)31-11-8-12-32(25-31)45(34-22-24-42-38(27-34)35-13-5-7-16-41(35)47-42)33-21-19-29-17-18-30-20-23-40-44(43(30)37(29)26-33)36-14-4-6-15-39(36)46-40/h3-31H,1-2H3;2*1-27H. The summed E-state index contributed by atoms with van der Waals surface area (Å²) in [6.07, 6.45) is 0. The molecule has 1 aliphatic rings. The fraction of sp³-hybridized carbons (Fsp3) is 0.0222. The van der Waals surface area contributed by atoms with Crippen LogP contribution in [0.1, 0.15) is 25.0 Å². The molecule has 0 N–H and O–H groups in total. The molecule has 4 heterocycles. The van der Waals surface area contributed by atoms with E-state index in [1.807, 2.05) is 35.6 Å². The van der Waals surface area contributed by atoms with Gasteiger partial charge in [0, 0.05) is 120 Å². The highest BCUT2D eigenvalue weighted by atomic mass is 32.1. The lowest BCUT2D eigenvalue weighted by atomic mass is 9.82. The lowest BCUT2D eigenvalue weighted by Crippen LogP contribution is -2.14. The van der Waals surface area contributed by atoms with Crippen molar-refractivity contribution in [3.63, 3.8) is 0 Å². The molecule has 0 atom stereocenters. The zero-order valence-electron chi connectivity index (χ0n) is 77.9. The van der Waals surface area contributed by atoms with Crippen molar-refractivity contribution in [3.05, 3.63) is 515 Å². The van der Waals surface area contributed by atoms with Crippen LogP contribution in [0.25, 0.3) is 206 Å². The molecule has 668 valence electrons. The molecule has 0 aliphatic heterocycles. The third-order valence-corrected chi connectivity index (χ3v) is 30.2. The van der Waals surface area contributed by atoms with E-state index in [0.29, 0.717) is 0 Å². The number of benzene rings is 24. The van der Waals surface area contributed by atoms with Gasteiger partial charge in [-0.2, -0.15) is 0 Å². The Kier molecular flexibility index (Phi) is 20.1. The van der Waals surface area contributed by atoms with Crippen molar-refractivity contribution >= 4 is 213 Å². The van der Waals surface area contributed by atoms with E-state index in [4.69, 9.17) is 13.3 Å². The Morgan fingerprint density at radius 1 is 0.176 bits per heavy atom. The van der Waals surface area contributed by atoms with Crippen LogP contribution >= 0.6 is 11.3 Å². The molecular formula is C135H89N3O3S. The summed E-state index contributed by atoms with van der Waals surface area (Å²) in [7, 11) is 0. The molecular weight excluding hydrogens is 1740 g/mol. The monoisotopic (exact) mass is 1830 g/mol. The van der Waals surface area contributed by atoms with E-state index < -0.39 is 0 Å². The van der Waals surface area contributed by atoms with Gasteiger partial charge in [-0.25, -0.2) is 0 Å². The fourth-order valence-corrected chi connectivity index (χ4v) is 23.4. The first-order chi connectivity index (χ1) is 70.1. The molecule has 0 bridgehead atoms. The maximum absolute atomic E-state index is 6.34. The second kappa shape index (κ2) is 34.2. The van der Waals surface area contributed by atoms with Crippen molar-refractivity contribution in [2.45, 2.75) is 19.3 Å². The van der Waals surface area contributed by atoms with Crippen molar-refractivity contribution in [2.75, 3.05) is 14.7 Å². The number of fused-ring (bicyclic) bond motifs is 27. The third-order valence-electron chi connectivity index (χ3n) is 29.1. The van der Waals surface area contributed by atoms with E-state index in [0.717, 1.165) is 112 Å². The largest absolute Gasteiger partial charge is 0.456 e. The molecule has 28 aromatic rings. The van der Waals surface area contributed by atoms with Gasteiger partial charge in [0.15, 0.2) is 0 Å². The van der Waals surface area contributed by atoms with Crippen molar-refractivity contribution < 1.29 is 13.3 Å². The van der Waals surface area contributed by atoms with Crippen LogP contribution in [0.4, 0.5) is 51.2 Å². The fourth-order valence-electron chi connectivity index (χ4n) is 22.3. The SMILES string of the molecule is CC1(C)c2ccccc2-c2c1ccc1ccc3cc(N(c4ccc(-c5ccccc5)cc4)c4ccc(-c5ccccc5)cc4)ccc3c21.c1ccc(-c2cccc(N(c3ccc4oc5ccccc5c4c3)c3ccc4ccc5ccc6oc7ccccc7c6c5c4c3)c2)cc1.c1ccc(-c2cccc(N(c3ccc4sc5ccccc5c4c3)c3ccc4ccc5ccc6oc7ccccc7c6c5c4c3)c2)cc1. The molecule has 0 radical (unpaired) electrons. The van der Waals surface area contributed by atoms with Crippen molar-refractivity contribution in [3.8, 4) is 55.6 Å². The van der Waals surface area contributed by atoms with Gasteiger partial charge >= 0.3 is 0 Å². The summed E-state index contributed by atoms with van der Waals surface area (Å²) in [5.41, 5.74) is 30.5. The summed E-state index contributed by atoms with van der Waals surface area (Å²) < 4.78 is 21.5. The Labute approximate surface area is 824 Å². The van der Waals surface area contributed by atoms with E-state index in [-0.39, 0.29) is 5.41 Å². The number of anilines is 9. The molecule has 4 aromatic heterocycles. The van der Waals surface area contributed by atoms with Gasteiger partial charge in [0.25, 0.3) is 0 Å². The van der Waals surface area contributed by atoms with Crippen LogP contribution in [0.5, 0.6) is 0 Å². The van der Waals surface area contributed by atoms with Gasteiger partial charge in [0.2, 0.25) is 0 Å². The van der Waals surface area contributed by atoms with Crippen LogP contribution in [0.2, 0.25) is 0 Å². The maximum Gasteiger partial charge on any atom is 0.136 e. The van der Waals surface area contributed by atoms with E-state index in [9.17, 15) is 0 Å². The highest BCUT2D eigenvalue weighted by Gasteiger charge is 2.37. The Hall–Kier alpha value is -18.1. The lowest BCUT2D eigenvalue weighted by molar-refractivity contribution is 0.661. The minimum absolute atomic E-state index is 0.0309. The highest BCUT2D eigenvalue weighted by Crippen LogP contribution is 2.55. The molecule has 24 aromatic carbocycles. The van der Waals surface area contributed by atoms with Gasteiger partial charge in [-0.05, 0) is 278 Å². The minimum atomic E-state index is -0.0309. The van der Waals surface area contributed by atoms with Crippen LogP contribution in [-0.2, 0) is 5.41 Å². The predicted octanol–water partition coefficient (Wildman–Crippen LogP) is 39.4. The van der Waals surface area contributed by atoms with Crippen LogP contribution in [0.3, 0.4) is 0 Å². The number of furan rings is 3. The highest BCUT2D eigenvalue weighted by molar-refractivity contribution is 7.25. The zero-order chi connectivity index (χ0) is 94.0. The molecule has 0 amide bonds. The van der Waals surface area contributed by atoms with Crippen molar-refractivity contribution in [1.29, 1.82) is 0 Å². The lowest BCUT2D eigenvalue weighted by Gasteiger charge is -2.27. The van der Waals surface area contributed by atoms with Crippen LogP contribution in [-0.4, -0.2) is 0 Å².